The number of nitrogens with one attached hydrogen (secondary N) is 4. The SMILES string of the molecule is C=C[C@@H]1C(=C)[C@]1(NC(=O)[C@@H]1CCCN1C(=O)[C@H](Cc1ccccc1)NC(=O)OCCC/C=C/c1ccc2cc[nH]c(=O)c2c1)C(=O)NS(=O)(=O)C1CC1. The molecule has 278 valence electrons. The molecule has 2 heterocycles. The smallest absolute Gasteiger partial charge is 0.407 e. The molecule has 53 heavy (non-hydrogen) atoms. The average Bonchev–Trinajstić information content (AvgIpc) is 4.03. The Morgan fingerprint density at radius 1 is 1.08 bits per heavy atom. The minimum Gasteiger partial charge on any atom is -0.450 e. The van der Waals surface area contributed by atoms with E-state index in [0.29, 0.717) is 49.5 Å². The van der Waals surface area contributed by atoms with Gasteiger partial charge in [-0.2, -0.15) is 0 Å². The molecular weight excluding hydrogens is 699 g/mol. The molecule has 1 aliphatic heterocycles. The number of aromatic amines is 1. The Bertz CT molecular complexity index is 2130. The fourth-order valence-corrected chi connectivity index (χ4v) is 8.16. The number of aromatic nitrogens is 1. The van der Waals surface area contributed by atoms with Crippen molar-refractivity contribution < 1.29 is 32.3 Å². The summed E-state index contributed by atoms with van der Waals surface area (Å²) in [7, 11) is -3.90. The molecule has 6 rings (SSSR count). The van der Waals surface area contributed by atoms with Crippen LogP contribution < -0.4 is 20.9 Å². The number of allylic oxidation sites excluding steroid dienone is 1. The number of rotatable bonds is 15. The number of sulfonamides is 1. The minimum atomic E-state index is -3.90. The summed E-state index contributed by atoms with van der Waals surface area (Å²) in [6, 6.07) is 14.5. The van der Waals surface area contributed by atoms with Crippen LogP contribution in [-0.2, 0) is 35.6 Å². The zero-order valence-corrected chi connectivity index (χ0v) is 30.0. The average molecular weight is 742 g/mol. The summed E-state index contributed by atoms with van der Waals surface area (Å²) in [5.74, 6) is -2.72. The number of pyridine rings is 1. The van der Waals surface area contributed by atoms with Crippen LogP contribution in [0.3, 0.4) is 0 Å². The van der Waals surface area contributed by atoms with E-state index in [1.54, 1.807) is 6.20 Å². The van der Waals surface area contributed by atoms with Gasteiger partial charge in [0.05, 0.1) is 11.9 Å². The van der Waals surface area contributed by atoms with Crippen LogP contribution >= 0.6 is 0 Å². The van der Waals surface area contributed by atoms with Crippen molar-refractivity contribution in [3.63, 3.8) is 0 Å². The highest BCUT2D eigenvalue weighted by Crippen LogP contribution is 2.50. The van der Waals surface area contributed by atoms with Crippen molar-refractivity contribution in [1.29, 1.82) is 0 Å². The lowest BCUT2D eigenvalue weighted by atomic mass is 10.0. The molecule has 0 unspecified atom stereocenters. The molecule has 1 aromatic heterocycles. The summed E-state index contributed by atoms with van der Waals surface area (Å²) in [6.45, 7) is 7.94. The molecule has 4 N–H and O–H groups in total. The molecule has 2 aliphatic carbocycles. The van der Waals surface area contributed by atoms with Gasteiger partial charge in [-0.1, -0.05) is 67.3 Å². The van der Waals surface area contributed by atoms with E-state index in [4.69, 9.17) is 4.74 Å². The van der Waals surface area contributed by atoms with Gasteiger partial charge in [0.25, 0.3) is 11.5 Å². The highest BCUT2D eigenvalue weighted by atomic mass is 32.2. The van der Waals surface area contributed by atoms with E-state index in [1.165, 1.54) is 11.0 Å². The molecule has 0 bridgehead atoms. The number of hydrogen-bond acceptors (Lipinski definition) is 8. The maximum atomic E-state index is 14.1. The first-order valence-electron chi connectivity index (χ1n) is 17.7. The van der Waals surface area contributed by atoms with Crippen molar-refractivity contribution in [3.05, 3.63) is 113 Å². The zero-order valence-electron chi connectivity index (χ0n) is 29.2. The molecule has 4 amide bonds. The summed E-state index contributed by atoms with van der Waals surface area (Å²) in [5.41, 5.74) is 0.0852. The van der Waals surface area contributed by atoms with E-state index in [-0.39, 0.29) is 25.1 Å². The van der Waals surface area contributed by atoms with Gasteiger partial charge in [0.2, 0.25) is 21.8 Å². The van der Waals surface area contributed by atoms with Gasteiger partial charge < -0.3 is 25.3 Å². The molecule has 14 heteroatoms. The molecule has 1 saturated heterocycles. The molecule has 2 saturated carbocycles. The highest BCUT2D eigenvalue weighted by molar-refractivity contribution is 7.91. The molecule has 2 aromatic carbocycles. The minimum absolute atomic E-state index is 0.0868. The van der Waals surface area contributed by atoms with Crippen LogP contribution in [0.2, 0.25) is 0 Å². The van der Waals surface area contributed by atoms with Gasteiger partial charge in [-0.25, -0.2) is 13.2 Å². The lowest BCUT2D eigenvalue weighted by molar-refractivity contribution is -0.141. The van der Waals surface area contributed by atoms with Gasteiger partial charge in [-0.3, -0.25) is 23.9 Å². The van der Waals surface area contributed by atoms with Crippen LogP contribution in [-0.4, -0.2) is 78.1 Å². The Morgan fingerprint density at radius 2 is 1.85 bits per heavy atom. The number of alkyl carbamates (subject to hydrolysis) is 1. The number of hydrogen-bond donors (Lipinski definition) is 4. The van der Waals surface area contributed by atoms with Gasteiger partial charge in [0.1, 0.15) is 12.1 Å². The number of fused-ring (bicyclic) bond motifs is 1. The number of unbranched alkanes of at least 4 members (excludes halogenated alkanes) is 1. The third-order valence-corrected chi connectivity index (χ3v) is 11.8. The van der Waals surface area contributed by atoms with Crippen molar-refractivity contribution in [2.75, 3.05) is 13.2 Å². The number of H-pyrrole nitrogens is 1. The second-order valence-corrected chi connectivity index (χ2v) is 15.6. The second kappa shape index (κ2) is 15.6. The van der Waals surface area contributed by atoms with E-state index in [9.17, 15) is 32.4 Å². The van der Waals surface area contributed by atoms with Gasteiger partial charge >= 0.3 is 6.09 Å². The van der Waals surface area contributed by atoms with E-state index in [2.05, 4.69) is 33.5 Å². The first-order chi connectivity index (χ1) is 25.4. The van der Waals surface area contributed by atoms with E-state index in [0.717, 1.165) is 16.5 Å². The molecule has 3 fully saturated rings. The fraction of sp³-hybridized carbons (Fsp3) is 0.359. The Morgan fingerprint density at radius 3 is 2.57 bits per heavy atom. The number of carbonyl (C=O) groups is 4. The third kappa shape index (κ3) is 8.27. The molecule has 3 aliphatic rings. The van der Waals surface area contributed by atoms with Crippen LogP contribution in [0.4, 0.5) is 4.79 Å². The quantitative estimate of drug-likeness (QED) is 0.135. The third-order valence-electron chi connectivity index (χ3n) is 9.95. The Balaban J connectivity index is 1.07. The number of amides is 4. The van der Waals surface area contributed by atoms with Crippen LogP contribution in [0, 0.1) is 5.92 Å². The number of benzene rings is 2. The van der Waals surface area contributed by atoms with Gasteiger partial charge in [-0.05, 0) is 72.7 Å². The Labute approximate surface area is 307 Å². The standard InChI is InChI=1S/C39H43N5O8S/c1-3-31-25(2)39(31,37(48)43-53(50,51)29-17-18-29)42-35(46)33-14-10-21-44(33)36(47)32(24-26-11-6-4-7-12-26)41-38(49)52-22-9-5-8-13-27-15-16-28-19-20-40-34(45)30(28)23-27/h3-4,6-8,11-13,15-16,19-20,23,29,31-33H,1-2,5,9-10,14,17-18,21-22,24H2,(H,40,45)(H,41,49)(H,42,46)(H,43,48)/b13-8+/t31-,32+,33+,39-/m1/s1. The van der Waals surface area contributed by atoms with Gasteiger partial charge in [-0.15, -0.1) is 6.58 Å². The highest BCUT2D eigenvalue weighted by Gasteiger charge is 2.65. The van der Waals surface area contributed by atoms with E-state index < -0.39 is 62.6 Å². The molecule has 4 atom stereocenters. The predicted molar refractivity (Wildman–Crippen MR) is 200 cm³/mol. The molecule has 0 spiro atoms. The monoisotopic (exact) mass is 741 g/mol. The molecule has 0 radical (unpaired) electrons. The van der Waals surface area contributed by atoms with Crippen molar-refractivity contribution >= 4 is 50.7 Å². The molecule has 3 aromatic rings. The van der Waals surface area contributed by atoms with Crippen molar-refractivity contribution in [1.82, 2.24) is 25.2 Å². The van der Waals surface area contributed by atoms with Crippen LogP contribution in [0.15, 0.2) is 96.5 Å². The van der Waals surface area contributed by atoms with E-state index >= 15 is 0 Å². The summed E-state index contributed by atoms with van der Waals surface area (Å²) in [4.78, 5) is 70.4. The number of ether oxygens (including phenoxy) is 1. The summed E-state index contributed by atoms with van der Waals surface area (Å²) < 4.78 is 32.7. The molecule has 13 nitrogen and oxygen atoms in total. The summed E-state index contributed by atoms with van der Waals surface area (Å²) in [5, 5.41) is 6.19. The first-order valence-corrected chi connectivity index (χ1v) is 19.2. The lowest BCUT2D eigenvalue weighted by Gasteiger charge is -2.30. The largest absolute Gasteiger partial charge is 0.450 e. The predicted octanol–water partition coefficient (Wildman–Crippen LogP) is 3.49. The van der Waals surface area contributed by atoms with Crippen LogP contribution in [0.25, 0.3) is 16.8 Å². The second-order valence-electron chi connectivity index (χ2n) is 13.6. The first kappa shape index (κ1) is 37.3. The molecular formula is C39H43N5O8S. The zero-order chi connectivity index (χ0) is 37.8. The van der Waals surface area contributed by atoms with Crippen LogP contribution in [0.5, 0.6) is 0 Å². The summed E-state index contributed by atoms with van der Waals surface area (Å²) in [6.07, 6.45) is 9.01. The van der Waals surface area contributed by atoms with Gasteiger partial charge in [0, 0.05) is 30.5 Å². The fourth-order valence-electron chi connectivity index (χ4n) is 6.81. The number of nitrogens with zero attached hydrogens (tertiary/aromatic N) is 1. The lowest BCUT2D eigenvalue weighted by Crippen LogP contribution is -2.58. The maximum Gasteiger partial charge on any atom is 0.407 e. The normalized spacial score (nSPS) is 21.6. The maximum absolute atomic E-state index is 14.1. The number of carbonyl (C=O) groups excluding carboxylic acids is 4. The van der Waals surface area contributed by atoms with Crippen LogP contribution in [0.1, 0.15) is 49.7 Å². The summed E-state index contributed by atoms with van der Waals surface area (Å²) >= 11 is 0. The Hall–Kier alpha value is -5.50. The van der Waals surface area contributed by atoms with Crippen molar-refractivity contribution in [2.24, 2.45) is 5.92 Å². The topological polar surface area (TPSA) is 184 Å². The Kier molecular flexibility index (Phi) is 11.0. The van der Waals surface area contributed by atoms with E-state index in [1.807, 2.05) is 66.7 Å². The number of likely N-dealkylation sites (tertiary alicyclic amines) is 1. The van der Waals surface area contributed by atoms with Crippen molar-refractivity contribution in [3.8, 4) is 0 Å². The van der Waals surface area contributed by atoms with Crippen molar-refractivity contribution in [2.45, 2.75) is 67.8 Å². The van der Waals surface area contributed by atoms with Gasteiger partial charge in [0.15, 0.2) is 5.54 Å².